The Balaban J connectivity index is 3.18. The van der Waals surface area contributed by atoms with Crippen molar-refractivity contribution in [3.05, 3.63) is 34.3 Å². The standard InChI is InChI=1S/C17H23BrO4/c1-4-11-17(15(19)21-5-2,16(20)22-6-3)12-13-7-9-14(18)10-8-13/h7-10H,4-6,11-12H2,1-3H3. The first-order chi connectivity index (χ1) is 10.5. The lowest BCUT2D eigenvalue weighted by Gasteiger charge is -2.29. The average molecular weight is 371 g/mol. The third kappa shape index (κ3) is 4.57. The molecule has 1 aromatic rings. The highest BCUT2D eigenvalue weighted by Crippen LogP contribution is 2.33. The van der Waals surface area contributed by atoms with Gasteiger partial charge in [0.05, 0.1) is 13.2 Å². The Morgan fingerprint density at radius 1 is 1.00 bits per heavy atom. The number of rotatable bonds is 8. The summed E-state index contributed by atoms with van der Waals surface area (Å²) >= 11 is 3.38. The monoisotopic (exact) mass is 370 g/mol. The second-order valence-corrected chi connectivity index (χ2v) is 5.99. The van der Waals surface area contributed by atoms with Crippen LogP contribution >= 0.6 is 15.9 Å². The zero-order chi connectivity index (χ0) is 16.6. The summed E-state index contributed by atoms with van der Waals surface area (Å²) < 4.78 is 11.3. The van der Waals surface area contributed by atoms with E-state index >= 15 is 0 Å². The highest BCUT2D eigenvalue weighted by molar-refractivity contribution is 9.10. The van der Waals surface area contributed by atoms with E-state index in [0.717, 1.165) is 10.0 Å². The van der Waals surface area contributed by atoms with E-state index in [4.69, 9.17) is 9.47 Å². The van der Waals surface area contributed by atoms with Gasteiger partial charge in [-0.25, -0.2) is 0 Å². The van der Waals surface area contributed by atoms with E-state index in [2.05, 4.69) is 15.9 Å². The fourth-order valence-corrected chi connectivity index (χ4v) is 2.70. The molecule has 0 saturated heterocycles. The third-order valence-corrected chi connectivity index (χ3v) is 3.96. The van der Waals surface area contributed by atoms with Crippen LogP contribution in [0.2, 0.25) is 0 Å². The van der Waals surface area contributed by atoms with Crippen molar-refractivity contribution < 1.29 is 19.1 Å². The molecule has 0 aliphatic rings. The smallest absolute Gasteiger partial charge is 0.323 e. The van der Waals surface area contributed by atoms with Crippen LogP contribution in [-0.4, -0.2) is 25.2 Å². The summed E-state index contributed by atoms with van der Waals surface area (Å²) in [4.78, 5) is 25.0. The second kappa shape index (κ2) is 8.93. The molecule has 0 bridgehead atoms. The van der Waals surface area contributed by atoms with E-state index in [1.165, 1.54) is 0 Å². The van der Waals surface area contributed by atoms with Gasteiger partial charge < -0.3 is 9.47 Å². The molecular formula is C17H23BrO4. The summed E-state index contributed by atoms with van der Waals surface area (Å²) in [7, 11) is 0. The van der Waals surface area contributed by atoms with Gasteiger partial charge in [0.15, 0.2) is 5.41 Å². The molecule has 5 heteroatoms. The van der Waals surface area contributed by atoms with Gasteiger partial charge in [0.25, 0.3) is 0 Å². The molecule has 0 aliphatic carbocycles. The van der Waals surface area contributed by atoms with Crippen molar-refractivity contribution in [3.63, 3.8) is 0 Å². The minimum atomic E-state index is -1.27. The zero-order valence-corrected chi connectivity index (χ0v) is 14.9. The van der Waals surface area contributed by atoms with Crippen LogP contribution in [-0.2, 0) is 25.5 Å². The van der Waals surface area contributed by atoms with Crippen molar-refractivity contribution in [2.24, 2.45) is 5.41 Å². The van der Waals surface area contributed by atoms with Gasteiger partial charge >= 0.3 is 11.9 Å². The van der Waals surface area contributed by atoms with Gasteiger partial charge in [0, 0.05) is 4.47 Å². The van der Waals surface area contributed by atoms with E-state index in [-0.39, 0.29) is 19.6 Å². The van der Waals surface area contributed by atoms with E-state index in [0.29, 0.717) is 12.8 Å². The Hall–Kier alpha value is -1.36. The van der Waals surface area contributed by atoms with Gasteiger partial charge in [0.2, 0.25) is 0 Å². The fraction of sp³-hybridized carbons (Fsp3) is 0.529. The molecule has 0 atom stereocenters. The molecule has 22 heavy (non-hydrogen) atoms. The fourth-order valence-electron chi connectivity index (χ4n) is 2.44. The molecule has 0 radical (unpaired) electrons. The number of carbonyl (C=O) groups is 2. The van der Waals surface area contributed by atoms with E-state index in [1.807, 2.05) is 31.2 Å². The van der Waals surface area contributed by atoms with Crippen molar-refractivity contribution in [2.75, 3.05) is 13.2 Å². The lowest BCUT2D eigenvalue weighted by atomic mass is 9.77. The predicted octanol–water partition coefficient (Wildman–Crippen LogP) is 3.90. The SMILES string of the molecule is CCCC(Cc1ccc(Br)cc1)(C(=O)OCC)C(=O)OCC. The van der Waals surface area contributed by atoms with Crippen molar-refractivity contribution in [1.82, 2.24) is 0 Å². The minimum Gasteiger partial charge on any atom is -0.465 e. The molecule has 1 rings (SSSR count). The molecule has 1 aromatic carbocycles. The summed E-state index contributed by atoms with van der Waals surface area (Å²) in [5.41, 5.74) is -0.369. The summed E-state index contributed by atoms with van der Waals surface area (Å²) in [5.74, 6) is -1.00. The highest BCUT2D eigenvalue weighted by Gasteiger charge is 2.48. The lowest BCUT2D eigenvalue weighted by Crippen LogP contribution is -2.44. The van der Waals surface area contributed by atoms with Crippen molar-refractivity contribution in [1.29, 1.82) is 0 Å². The molecule has 0 aliphatic heterocycles. The van der Waals surface area contributed by atoms with E-state index < -0.39 is 17.4 Å². The van der Waals surface area contributed by atoms with E-state index in [9.17, 15) is 9.59 Å². The van der Waals surface area contributed by atoms with Crippen LogP contribution < -0.4 is 0 Å². The molecule has 0 heterocycles. The number of carbonyl (C=O) groups excluding carboxylic acids is 2. The molecule has 0 aromatic heterocycles. The average Bonchev–Trinajstić information content (AvgIpc) is 2.49. The zero-order valence-electron chi connectivity index (χ0n) is 13.4. The van der Waals surface area contributed by atoms with Gasteiger partial charge in [-0.3, -0.25) is 9.59 Å². The maximum absolute atomic E-state index is 12.5. The first-order valence-corrected chi connectivity index (χ1v) is 8.38. The first kappa shape index (κ1) is 18.7. The summed E-state index contributed by atoms with van der Waals surface area (Å²) in [6, 6.07) is 7.57. The summed E-state index contributed by atoms with van der Waals surface area (Å²) in [5, 5.41) is 0. The number of ether oxygens (including phenoxy) is 2. The van der Waals surface area contributed by atoms with Crippen LogP contribution in [0.4, 0.5) is 0 Å². The van der Waals surface area contributed by atoms with Gasteiger partial charge in [-0.2, -0.15) is 0 Å². The summed E-state index contributed by atoms with van der Waals surface area (Å²) in [6.07, 6.45) is 1.38. The maximum Gasteiger partial charge on any atom is 0.323 e. The van der Waals surface area contributed by atoms with E-state index in [1.54, 1.807) is 13.8 Å². The van der Waals surface area contributed by atoms with Crippen molar-refractivity contribution >= 4 is 27.9 Å². The van der Waals surface area contributed by atoms with Crippen LogP contribution in [0.15, 0.2) is 28.7 Å². The molecular weight excluding hydrogens is 348 g/mol. The minimum absolute atomic E-state index is 0.240. The Morgan fingerprint density at radius 2 is 1.50 bits per heavy atom. The molecule has 0 amide bonds. The highest BCUT2D eigenvalue weighted by atomic mass is 79.9. The molecule has 0 fully saturated rings. The maximum atomic E-state index is 12.5. The largest absolute Gasteiger partial charge is 0.465 e. The van der Waals surface area contributed by atoms with Crippen LogP contribution in [0.3, 0.4) is 0 Å². The first-order valence-electron chi connectivity index (χ1n) is 7.59. The number of hydrogen-bond acceptors (Lipinski definition) is 4. The topological polar surface area (TPSA) is 52.6 Å². The van der Waals surface area contributed by atoms with Crippen LogP contribution in [0, 0.1) is 5.41 Å². The number of halogens is 1. The Morgan fingerprint density at radius 3 is 1.91 bits per heavy atom. The number of esters is 2. The second-order valence-electron chi connectivity index (χ2n) is 5.08. The van der Waals surface area contributed by atoms with Crippen molar-refractivity contribution in [3.8, 4) is 0 Å². The molecule has 0 saturated carbocycles. The normalized spacial score (nSPS) is 11.1. The molecule has 4 nitrogen and oxygen atoms in total. The van der Waals surface area contributed by atoms with Crippen LogP contribution in [0.1, 0.15) is 39.2 Å². The van der Waals surface area contributed by atoms with Crippen LogP contribution in [0.5, 0.6) is 0 Å². The predicted molar refractivity (Wildman–Crippen MR) is 88.5 cm³/mol. The number of benzene rings is 1. The van der Waals surface area contributed by atoms with Crippen molar-refractivity contribution in [2.45, 2.75) is 40.0 Å². The Bertz CT molecular complexity index is 478. The number of hydrogen-bond donors (Lipinski definition) is 0. The lowest BCUT2D eigenvalue weighted by molar-refractivity contribution is -0.172. The third-order valence-electron chi connectivity index (χ3n) is 3.43. The van der Waals surface area contributed by atoms with Gasteiger partial charge in [-0.15, -0.1) is 0 Å². The Labute approximate surface area is 140 Å². The van der Waals surface area contributed by atoms with Gasteiger partial charge in [0.1, 0.15) is 0 Å². The van der Waals surface area contributed by atoms with Gasteiger partial charge in [-0.1, -0.05) is 41.4 Å². The summed E-state index contributed by atoms with van der Waals surface area (Å²) in [6.45, 7) is 5.89. The molecule has 0 spiro atoms. The molecule has 0 unspecified atom stereocenters. The molecule has 122 valence electrons. The van der Waals surface area contributed by atoms with Gasteiger partial charge in [-0.05, 0) is 44.4 Å². The molecule has 0 N–H and O–H groups in total. The quantitative estimate of drug-likeness (QED) is 0.514. The Kier molecular flexibility index (Phi) is 7.59. The van der Waals surface area contributed by atoms with Crippen LogP contribution in [0.25, 0.3) is 0 Å².